The summed E-state index contributed by atoms with van der Waals surface area (Å²) in [7, 11) is 0. The molecule has 3 heterocycles. The molecule has 0 unspecified atom stereocenters. The first kappa shape index (κ1) is 20.0. The summed E-state index contributed by atoms with van der Waals surface area (Å²) in [5.74, 6) is -0.144. The van der Waals surface area contributed by atoms with E-state index in [1.165, 1.54) is 23.7 Å². The number of carbonyl (C=O) groups excluding carboxylic acids is 1. The summed E-state index contributed by atoms with van der Waals surface area (Å²) in [5, 5.41) is 11.5. The summed E-state index contributed by atoms with van der Waals surface area (Å²) in [6.45, 7) is 2.76. The third-order valence-corrected chi connectivity index (χ3v) is 6.46. The zero-order valence-electron chi connectivity index (χ0n) is 16.5. The zero-order valence-corrected chi connectivity index (χ0v) is 17.3. The summed E-state index contributed by atoms with van der Waals surface area (Å²) in [4.78, 5) is 15.5. The van der Waals surface area contributed by atoms with Crippen molar-refractivity contribution in [2.45, 2.75) is 25.6 Å². The lowest BCUT2D eigenvalue weighted by Crippen LogP contribution is -2.29. The highest BCUT2D eigenvalue weighted by Crippen LogP contribution is 2.37. The normalized spacial score (nSPS) is 17.2. The van der Waals surface area contributed by atoms with Crippen molar-refractivity contribution >= 4 is 39.4 Å². The Morgan fingerprint density at radius 1 is 1.19 bits per heavy atom. The van der Waals surface area contributed by atoms with Gasteiger partial charge in [-0.15, -0.1) is 0 Å². The van der Waals surface area contributed by atoms with Crippen LogP contribution in [0.15, 0.2) is 42.5 Å². The second-order valence-corrected chi connectivity index (χ2v) is 8.72. The molecule has 1 aliphatic heterocycles. The van der Waals surface area contributed by atoms with E-state index in [1.807, 2.05) is 17.6 Å². The van der Waals surface area contributed by atoms with E-state index in [1.54, 1.807) is 17.0 Å². The number of carbonyl (C=O) groups is 1. The van der Waals surface area contributed by atoms with Crippen LogP contribution in [0.25, 0.3) is 27.6 Å². The topological polar surface area (TPSA) is 58.4 Å². The average molecular weight is 445 g/mol. The Hall–Kier alpha value is -2.91. The number of hydrogen-bond donors (Lipinski definition) is 1. The molecule has 1 saturated heterocycles. The van der Waals surface area contributed by atoms with Gasteiger partial charge in [-0.25, -0.2) is 0 Å². The maximum absolute atomic E-state index is 13.0. The molecule has 1 atom stereocenters. The van der Waals surface area contributed by atoms with Gasteiger partial charge in [0.2, 0.25) is 0 Å². The van der Waals surface area contributed by atoms with Crippen molar-refractivity contribution in [1.82, 2.24) is 13.8 Å². The minimum absolute atomic E-state index is 0.144. The van der Waals surface area contributed by atoms with E-state index in [2.05, 4.69) is 4.37 Å². The van der Waals surface area contributed by atoms with Crippen LogP contribution in [0, 0.1) is 6.92 Å². The Balaban J connectivity index is 1.65. The van der Waals surface area contributed by atoms with Crippen molar-refractivity contribution in [2.24, 2.45) is 0 Å². The third kappa shape index (κ3) is 3.28. The summed E-state index contributed by atoms with van der Waals surface area (Å²) in [5.41, 5.74) is 1.79. The monoisotopic (exact) mass is 445 g/mol. The first-order valence-corrected chi connectivity index (χ1v) is 10.6. The van der Waals surface area contributed by atoms with Crippen LogP contribution in [-0.2, 0) is 6.18 Å². The lowest BCUT2D eigenvalue weighted by atomic mass is 10.1. The van der Waals surface area contributed by atoms with Crippen molar-refractivity contribution in [3.8, 4) is 5.69 Å². The highest BCUT2D eigenvalue weighted by Gasteiger charge is 2.30. The Morgan fingerprint density at radius 2 is 1.94 bits per heavy atom. The molecule has 9 heteroatoms. The molecule has 2 aromatic heterocycles. The van der Waals surface area contributed by atoms with Gasteiger partial charge >= 0.3 is 6.18 Å². The number of β-amino-alcohol motifs (C(OH)–C–C–N with tert-alkyl or cyclic N) is 1. The highest BCUT2D eigenvalue weighted by molar-refractivity contribution is 7.07. The minimum Gasteiger partial charge on any atom is -0.391 e. The number of alkyl halides is 3. The van der Waals surface area contributed by atoms with Crippen molar-refractivity contribution in [3.63, 3.8) is 0 Å². The van der Waals surface area contributed by atoms with Gasteiger partial charge in [0.25, 0.3) is 5.91 Å². The maximum Gasteiger partial charge on any atom is 0.416 e. The zero-order chi connectivity index (χ0) is 21.9. The third-order valence-electron chi connectivity index (χ3n) is 5.71. The summed E-state index contributed by atoms with van der Waals surface area (Å²) in [6.07, 6.45) is -4.33. The van der Waals surface area contributed by atoms with Crippen LogP contribution in [0.1, 0.15) is 27.2 Å². The van der Waals surface area contributed by atoms with Gasteiger partial charge in [0.15, 0.2) is 5.65 Å². The number of halogens is 3. The Bertz CT molecular complexity index is 1310. The van der Waals surface area contributed by atoms with Gasteiger partial charge in [0.1, 0.15) is 0 Å². The fourth-order valence-electron chi connectivity index (χ4n) is 4.17. The van der Waals surface area contributed by atoms with Crippen LogP contribution in [-0.4, -0.2) is 44.0 Å². The van der Waals surface area contributed by atoms with Crippen LogP contribution < -0.4 is 0 Å². The van der Waals surface area contributed by atoms with Crippen molar-refractivity contribution in [2.75, 3.05) is 13.1 Å². The molecule has 5 nitrogen and oxygen atoms in total. The number of aromatic nitrogens is 2. The van der Waals surface area contributed by atoms with E-state index in [4.69, 9.17) is 0 Å². The number of aliphatic hydroxyl groups is 1. The molecule has 0 radical (unpaired) electrons. The standard InChI is InChI=1S/C22H18F3N3O2S/c1-12-19-17-10-13(21(30)27-9-8-16(29)11-27)2-7-18(17)28(20(19)26-31-12)15-5-3-14(4-6-15)22(23,24)25/h2-7,10,16,29H,8-9,11H2,1H3/t16-/m0/s1. The number of aryl methyl sites for hydroxylation is 1. The van der Waals surface area contributed by atoms with E-state index >= 15 is 0 Å². The van der Waals surface area contributed by atoms with Crippen LogP contribution in [0.3, 0.4) is 0 Å². The molecule has 1 fully saturated rings. The van der Waals surface area contributed by atoms with Crippen LogP contribution in [0.5, 0.6) is 0 Å². The molecule has 31 heavy (non-hydrogen) atoms. The molecule has 2 aromatic carbocycles. The number of benzene rings is 2. The number of hydrogen-bond acceptors (Lipinski definition) is 4. The van der Waals surface area contributed by atoms with E-state index in [0.29, 0.717) is 36.4 Å². The maximum atomic E-state index is 13.0. The molecular weight excluding hydrogens is 427 g/mol. The molecule has 0 spiro atoms. The molecule has 0 aliphatic carbocycles. The predicted octanol–water partition coefficient (Wildman–Crippen LogP) is 4.77. The fraction of sp³-hybridized carbons (Fsp3) is 0.273. The molecule has 0 saturated carbocycles. The van der Waals surface area contributed by atoms with Gasteiger partial charge in [0.05, 0.1) is 17.2 Å². The second-order valence-electron chi connectivity index (χ2n) is 7.74. The minimum atomic E-state index is -4.40. The molecule has 5 rings (SSSR count). The van der Waals surface area contributed by atoms with Crippen molar-refractivity contribution < 1.29 is 23.1 Å². The SMILES string of the molecule is Cc1snc2c1c1cc(C(=O)N3CC[C@H](O)C3)ccc1n2-c1ccc(C(F)(F)F)cc1. The van der Waals surface area contributed by atoms with Gasteiger partial charge in [-0.1, -0.05) is 0 Å². The predicted molar refractivity (Wildman–Crippen MR) is 113 cm³/mol. The van der Waals surface area contributed by atoms with E-state index in [-0.39, 0.29) is 5.91 Å². The lowest BCUT2D eigenvalue weighted by Gasteiger charge is -2.15. The Morgan fingerprint density at radius 3 is 2.58 bits per heavy atom. The van der Waals surface area contributed by atoms with Crippen LogP contribution in [0.4, 0.5) is 13.2 Å². The molecule has 1 amide bonds. The van der Waals surface area contributed by atoms with E-state index in [9.17, 15) is 23.1 Å². The Labute approximate surface area is 179 Å². The molecule has 0 bridgehead atoms. The molecule has 4 aromatic rings. The second kappa shape index (κ2) is 7.06. The van der Waals surface area contributed by atoms with Crippen LogP contribution in [0.2, 0.25) is 0 Å². The lowest BCUT2D eigenvalue weighted by molar-refractivity contribution is -0.137. The number of nitrogens with zero attached hydrogens (tertiary/aromatic N) is 3. The van der Waals surface area contributed by atoms with E-state index < -0.39 is 17.8 Å². The van der Waals surface area contributed by atoms with Crippen molar-refractivity contribution in [3.05, 3.63) is 58.5 Å². The van der Waals surface area contributed by atoms with E-state index in [0.717, 1.165) is 33.3 Å². The smallest absolute Gasteiger partial charge is 0.391 e. The van der Waals surface area contributed by atoms with Gasteiger partial charge in [-0.05, 0) is 67.3 Å². The summed E-state index contributed by atoms with van der Waals surface area (Å²) >= 11 is 1.32. The summed E-state index contributed by atoms with van der Waals surface area (Å²) < 4.78 is 45.3. The first-order valence-electron chi connectivity index (χ1n) is 9.79. The molecule has 1 N–H and O–H groups in total. The molecule has 1 aliphatic rings. The Kier molecular flexibility index (Phi) is 4.56. The van der Waals surface area contributed by atoms with Crippen molar-refractivity contribution in [1.29, 1.82) is 0 Å². The summed E-state index contributed by atoms with van der Waals surface area (Å²) in [6, 6.07) is 10.3. The first-order chi connectivity index (χ1) is 14.7. The number of aliphatic hydroxyl groups excluding tert-OH is 1. The molecule has 160 valence electrons. The van der Waals surface area contributed by atoms with Gasteiger partial charge in [-0.2, -0.15) is 17.5 Å². The molecular formula is C22H18F3N3O2S. The number of amides is 1. The highest BCUT2D eigenvalue weighted by atomic mass is 32.1. The average Bonchev–Trinajstić information content (AvgIpc) is 3.42. The largest absolute Gasteiger partial charge is 0.416 e. The number of likely N-dealkylation sites (tertiary alicyclic amines) is 1. The fourth-order valence-corrected chi connectivity index (χ4v) is 4.86. The van der Waals surface area contributed by atoms with Gasteiger partial charge < -0.3 is 10.0 Å². The van der Waals surface area contributed by atoms with Gasteiger partial charge in [-0.3, -0.25) is 9.36 Å². The van der Waals surface area contributed by atoms with Gasteiger partial charge in [0, 0.05) is 40.0 Å². The van der Waals surface area contributed by atoms with Crippen LogP contribution >= 0.6 is 11.5 Å². The number of fused-ring (bicyclic) bond motifs is 3. The number of rotatable bonds is 2. The quantitative estimate of drug-likeness (QED) is 0.483.